The Balaban J connectivity index is 2.22. The van der Waals surface area contributed by atoms with Crippen LogP contribution in [0.25, 0.3) is 0 Å². The van der Waals surface area contributed by atoms with Crippen molar-refractivity contribution in [3.8, 4) is 0 Å². The molecule has 1 heterocycles. The number of carbonyl (C=O) groups is 2. The number of hydrogen-bond donors (Lipinski definition) is 3. The summed E-state index contributed by atoms with van der Waals surface area (Å²) in [6, 6.07) is 5.53. The molecule has 0 unspecified atom stereocenters. The van der Waals surface area contributed by atoms with Crippen molar-refractivity contribution in [3.05, 3.63) is 55.1 Å². The SMILES string of the molecule is O=C(O)NC[C@@H](Cc1ccccc1C(F)(F)F)NC(=O)c1cc(Br)c(Cl)s1. The second kappa shape index (κ2) is 8.94. The zero-order valence-corrected chi connectivity index (χ0v) is 16.6. The van der Waals surface area contributed by atoms with Crippen LogP contribution in [0.5, 0.6) is 0 Å². The van der Waals surface area contributed by atoms with Gasteiger partial charge in [0.05, 0.1) is 16.5 Å². The monoisotopic (exact) mass is 484 g/mol. The van der Waals surface area contributed by atoms with E-state index in [1.54, 1.807) is 0 Å². The molecule has 11 heteroatoms. The van der Waals surface area contributed by atoms with E-state index in [1.807, 2.05) is 0 Å². The Morgan fingerprint density at radius 3 is 2.52 bits per heavy atom. The molecular formula is C16H13BrClF3N2O3S. The first-order valence-corrected chi connectivity index (χ1v) is 9.44. The maximum absolute atomic E-state index is 13.2. The Morgan fingerprint density at radius 1 is 1.30 bits per heavy atom. The van der Waals surface area contributed by atoms with E-state index in [0.717, 1.165) is 17.4 Å². The summed E-state index contributed by atoms with van der Waals surface area (Å²) in [6.07, 6.45) is -6.11. The summed E-state index contributed by atoms with van der Waals surface area (Å²) in [5, 5.41) is 13.4. The van der Waals surface area contributed by atoms with Gasteiger partial charge in [-0.2, -0.15) is 13.2 Å². The Kier molecular flexibility index (Phi) is 7.12. The number of rotatable bonds is 6. The van der Waals surface area contributed by atoms with Crippen molar-refractivity contribution in [1.82, 2.24) is 10.6 Å². The van der Waals surface area contributed by atoms with Crippen molar-refractivity contribution in [1.29, 1.82) is 0 Å². The summed E-state index contributed by atoms with van der Waals surface area (Å²) < 4.78 is 40.4. The molecule has 0 aliphatic rings. The van der Waals surface area contributed by atoms with E-state index in [-0.39, 0.29) is 23.4 Å². The normalized spacial score (nSPS) is 12.5. The number of benzene rings is 1. The highest BCUT2D eigenvalue weighted by Crippen LogP contribution is 2.33. The molecule has 27 heavy (non-hydrogen) atoms. The molecule has 0 aliphatic carbocycles. The summed E-state index contributed by atoms with van der Waals surface area (Å²) in [7, 11) is 0. The molecule has 0 spiro atoms. The van der Waals surface area contributed by atoms with Gasteiger partial charge in [-0.15, -0.1) is 11.3 Å². The van der Waals surface area contributed by atoms with Gasteiger partial charge >= 0.3 is 12.3 Å². The Morgan fingerprint density at radius 2 is 1.96 bits per heavy atom. The van der Waals surface area contributed by atoms with Gasteiger partial charge in [-0.25, -0.2) is 4.79 Å². The van der Waals surface area contributed by atoms with E-state index in [2.05, 4.69) is 26.6 Å². The average molecular weight is 486 g/mol. The second-order valence-corrected chi connectivity index (χ2v) is 7.96. The summed E-state index contributed by atoms with van der Waals surface area (Å²) in [5.74, 6) is -0.561. The molecule has 0 fully saturated rings. The van der Waals surface area contributed by atoms with Crippen LogP contribution in [0.3, 0.4) is 0 Å². The van der Waals surface area contributed by atoms with Gasteiger partial charge in [0.2, 0.25) is 0 Å². The second-order valence-electron chi connectivity index (χ2n) is 5.45. The molecule has 0 bridgehead atoms. The number of nitrogens with one attached hydrogen (secondary N) is 2. The molecule has 2 amide bonds. The molecule has 2 rings (SSSR count). The van der Waals surface area contributed by atoms with E-state index >= 15 is 0 Å². The Bertz CT molecular complexity index is 825. The molecule has 1 atom stereocenters. The van der Waals surface area contributed by atoms with Crippen LogP contribution < -0.4 is 10.6 Å². The lowest BCUT2D eigenvalue weighted by Gasteiger charge is -2.21. The molecule has 0 saturated heterocycles. The molecule has 5 nitrogen and oxygen atoms in total. The van der Waals surface area contributed by atoms with E-state index in [0.29, 0.717) is 8.81 Å². The summed E-state index contributed by atoms with van der Waals surface area (Å²) in [6.45, 7) is -0.256. The van der Waals surface area contributed by atoms with Crippen molar-refractivity contribution in [3.63, 3.8) is 0 Å². The first kappa shape index (κ1) is 21.5. The van der Waals surface area contributed by atoms with Crippen LogP contribution in [0.1, 0.15) is 20.8 Å². The number of halogens is 5. The fraction of sp³-hybridized carbons (Fsp3) is 0.250. The molecule has 146 valence electrons. The largest absolute Gasteiger partial charge is 0.465 e. The van der Waals surface area contributed by atoms with E-state index in [4.69, 9.17) is 16.7 Å². The molecule has 2 aromatic rings. The molecule has 1 aromatic carbocycles. The summed E-state index contributed by atoms with van der Waals surface area (Å²) >= 11 is 10.1. The highest BCUT2D eigenvalue weighted by atomic mass is 79.9. The van der Waals surface area contributed by atoms with Crippen LogP contribution in [-0.4, -0.2) is 29.7 Å². The van der Waals surface area contributed by atoms with E-state index < -0.39 is 29.8 Å². The van der Waals surface area contributed by atoms with Crippen LogP contribution in [0, 0.1) is 0 Å². The van der Waals surface area contributed by atoms with Crippen molar-refractivity contribution in [2.45, 2.75) is 18.6 Å². The molecule has 0 radical (unpaired) electrons. The quantitative estimate of drug-likeness (QED) is 0.550. The molecular weight excluding hydrogens is 473 g/mol. The molecule has 0 aliphatic heterocycles. The lowest BCUT2D eigenvalue weighted by atomic mass is 9.99. The van der Waals surface area contributed by atoms with Crippen LogP contribution in [0.15, 0.2) is 34.8 Å². The molecule has 1 aromatic heterocycles. The number of hydrogen-bond acceptors (Lipinski definition) is 3. The zero-order valence-electron chi connectivity index (χ0n) is 13.4. The Hall–Kier alpha value is -1.78. The van der Waals surface area contributed by atoms with Crippen molar-refractivity contribution >= 4 is 50.9 Å². The number of thiophene rings is 1. The minimum absolute atomic E-state index is 0.0483. The first-order chi connectivity index (χ1) is 12.6. The van der Waals surface area contributed by atoms with Crippen LogP contribution >= 0.6 is 38.9 Å². The minimum atomic E-state index is -4.56. The Labute approximate surface area is 169 Å². The van der Waals surface area contributed by atoms with Crippen LogP contribution in [0.4, 0.5) is 18.0 Å². The fourth-order valence-electron chi connectivity index (χ4n) is 2.34. The molecule has 0 saturated carbocycles. The number of amides is 2. The third kappa shape index (κ3) is 6.12. The highest BCUT2D eigenvalue weighted by Gasteiger charge is 2.33. The molecule has 3 N–H and O–H groups in total. The van der Waals surface area contributed by atoms with Gasteiger partial charge in [-0.1, -0.05) is 29.8 Å². The fourth-order valence-corrected chi connectivity index (χ4v) is 3.95. The van der Waals surface area contributed by atoms with Gasteiger partial charge in [-0.3, -0.25) is 4.79 Å². The highest BCUT2D eigenvalue weighted by molar-refractivity contribution is 9.10. The van der Waals surface area contributed by atoms with Gasteiger partial charge in [0, 0.05) is 11.0 Å². The lowest BCUT2D eigenvalue weighted by molar-refractivity contribution is -0.138. The maximum atomic E-state index is 13.2. The predicted molar refractivity (Wildman–Crippen MR) is 99.5 cm³/mol. The maximum Gasteiger partial charge on any atom is 0.416 e. The minimum Gasteiger partial charge on any atom is -0.465 e. The standard InChI is InChI=1S/C16H13BrClF3N2O3S/c17-11-6-12(27-13(11)18)14(24)23-9(7-22-15(25)26)5-8-3-1-2-4-10(8)16(19,20)21/h1-4,6,9,22H,5,7H2,(H,23,24)(H,25,26)/t9-/m1/s1. The number of carbonyl (C=O) groups excluding carboxylic acids is 1. The predicted octanol–water partition coefficient (Wildman–Crippen LogP) is 4.79. The summed E-state index contributed by atoms with van der Waals surface area (Å²) in [5.41, 5.74) is -0.880. The third-order valence-corrected chi connectivity index (χ3v) is 5.97. The van der Waals surface area contributed by atoms with Crippen LogP contribution in [-0.2, 0) is 12.6 Å². The zero-order chi connectivity index (χ0) is 20.2. The van der Waals surface area contributed by atoms with Crippen molar-refractivity contribution in [2.75, 3.05) is 6.54 Å². The third-order valence-electron chi connectivity index (χ3n) is 3.49. The average Bonchev–Trinajstić information content (AvgIpc) is 2.91. The van der Waals surface area contributed by atoms with Gasteiger partial charge in [0.25, 0.3) is 5.91 Å². The number of alkyl halides is 3. The van der Waals surface area contributed by atoms with Gasteiger partial charge in [-0.05, 0) is 40.0 Å². The van der Waals surface area contributed by atoms with Gasteiger partial charge in [0.15, 0.2) is 0 Å². The number of carboxylic acid groups (broad SMARTS) is 1. The van der Waals surface area contributed by atoms with Crippen LogP contribution in [0.2, 0.25) is 4.34 Å². The van der Waals surface area contributed by atoms with Crippen molar-refractivity contribution < 1.29 is 27.9 Å². The lowest BCUT2D eigenvalue weighted by Crippen LogP contribution is -2.44. The van der Waals surface area contributed by atoms with E-state index in [9.17, 15) is 22.8 Å². The van der Waals surface area contributed by atoms with Gasteiger partial charge in [0.1, 0.15) is 4.34 Å². The first-order valence-electron chi connectivity index (χ1n) is 7.45. The van der Waals surface area contributed by atoms with Crippen molar-refractivity contribution in [2.24, 2.45) is 0 Å². The van der Waals surface area contributed by atoms with E-state index in [1.165, 1.54) is 24.3 Å². The van der Waals surface area contributed by atoms with Gasteiger partial charge < -0.3 is 15.7 Å². The topological polar surface area (TPSA) is 78.4 Å². The smallest absolute Gasteiger partial charge is 0.416 e. The summed E-state index contributed by atoms with van der Waals surface area (Å²) in [4.78, 5) is 23.4.